The SMILES string of the molecule is c1ccc(-c2ccc(OCCCCCCCCN3CCNCC3)cc2-c2ccccc2)cc1. The molecule has 1 saturated heterocycles. The summed E-state index contributed by atoms with van der Waals surface area (Å²) in [7, 11) is 0. The van der Waals surface area contributed by atoms with Gasteiger partial charge in [0.2, 0.25) is 0 Å². The van der Waals surface area contributed by atoms with Gasteiger partial charge in [0.15, 0.2) is 0 Å². The van der Waals surface area contributed by atoms with Crippen LogP contribution in [0.4, 0.5) is 0 Å². The van der Waals surface area contributed by atoms with E-state index in [0.29, 0.717) is 0 Å². The zero-order valence-corrected chi connectivity index (χ0v) is 19.8. The monoisotopic (exact) mass is 442 g/mol. The van der Waals surface area contributed by atoms with Gasteiger partial charge in [-0.05, 0) is 53.8 Å². The van der Waals surface area contributed by atoms with Gasteiger partial charge in [0, 0.05) is 26.2 Å². The third kappa shape index (κ3) is 7.45. The lowest BCUT2D eigenvalue weighted by atomic mass is 9.94. The number of rotatable bonds is 12. The third-order valence-corrected chi connectivity index (χ3v) is 6.51. The molecule has 3 heteroatoms. The van der Waals surface area contributed by atoms with Crippen LogP contribution in [0, 0.1) is 0 Å². The van der Waals surface area contributed by atoms with Crippen molar-refractivity contribution in [1.82, 2.24) is 10.2 Å². The fraction of sp³-hybridized carbons (Fsp3) is 0.400. The molecule has 1 aliphatic rings. The molecule has 3 aromatic carbocycles. The van der Waals surface area contributed by atoms with Crippen molar-refractivity contribution in [3.8, 4) is 28.0 Å². The number of hydrogen-bond donors (Lipinski definition) is 1. The Hall–Kier alpha value is -2.62. The van der Waals surface area contributed by atoms with Crippen LogP contribution in [0.5, 0.6) is 5.75 Å². The third-order valence-electron chi connectivity index (χ3n) is 6.51. The molecule has 1 N–H and O–H groups in total. The zero-order valence-electron chi connectivity index (χ0n) is 19.8. The molecule has 0 saturated carbocycles. The highest BCUT2D eigenvalue weighted by Crippen LogP contribution is 2.35. The summed E-state index contributed by atoms with van der Waals surface area (Å²) in [6.45, 7) is 6.81. The van der Waals surface area contributed by atoms with Crippen LogP contribution < -0.4 is 10.1 Å². The van der Waals surface area contributed by atoms with Crippen LogP contribution in [0.15, 0.2) is 78.9 Å². The van der Waals surface area contributed by atoms with Gasteiger partial charge in [0.05, 0.1) is 6.61 Å². The number of benzene rings is 3. The number of hydrogen-bond acceptors (Lipinski definition) is 3. The second kappa shape index (κ2) is 13.2. The lowest BCUT2D eigenvalue weighted by Crippen LogP contribution is -2.43. The number of nitrogens with zero attached hydrogens (tertiary/aromatic N) is 1. The average molecular weight is 443 g/mol. The molecule has 1 fully saturated rings. The van der Waals surface area contributed by atoms with Crippen LogP contribution in [0.1, 0.15) is 38.5 Å². The Morgan fingerprint density at radius 1 is 0.636 bits per heavy atom. The number of nitrogens with one attached hydrogen (secondary N) is 1. The number of unbranched alkanes of at least 4 members (excludes halogenated alkanes) is 5. The Balaban J connectivity index is 1.22. The summed E-state index contributed by atoms with van der Waals surface area (Å²) in [5, 5.41) is 3.42. The molecule has 0 aromatic heterocycles. The van der Waals surface area contributed by atoms with Gasteiger partial charge in [0.25, 0.3) is 0 Å². The second-order valence-electron chi connectivity index (χ2n) is 9.00. The summed E-state index contributed by atoms with van der Waals surface area (Å²) in [6.07, 6.45) is 7.72. The van der Waals surface area contributed by atoms with E-state index in [-0.39, 0.29) is 0 Å². The summed E-state index contributed by atoms with van der Waals surface area (Å²) in [5.74, 6) is 0.963. The van der Waals surface area contributed by atoms with Crippen molar-refractivity contribution in [1.29, 1.82) is 0 Å². The molecule has 174 valence electrons. The minimum absolute atomic E-state index is 0.791. The van der Waals surface area contributed by atoms with Crippen molar-refractivity contribution in [3.05, 3.63) is 78.9 Å². The van der Waals surface area contributed by atoms with Gasteiger partial charge >= 0.3 is 0 Å². The predicted molar refractivity (Wildman–Crippen MR) is 140 cm³/mol. The maximum atomic E-state index is 6.15. The highest BCUT2D eigenvalue weighted by molar-refractivity contribution is 5.84. The summed E-state index contributed by atoms with van der Waals surface area (Å²) < 4.78 is 6.15. The van der Waals surface area contributed by atoms with Gasteiger partial charge in [-0.2, -0.15) is 0 Å². The molecule has 1 aliphatic heterocycles. The van der Waals surface area contributed by atoms with Crippen molar-refractivity contribution < 1.29 is 4.74 Å². The van der Waals surface area contributed by atoms with E-state index in [2.05, 4.69) is 89.1 Å². The van der Waals surface area contributed by atoms with Gasteiger partial charge in [-0.15, -0.1) is 0 Å². The van der Waals surface area contributed by atoms with Gasteiger partial charge in [0.1, 0.15) is 5.75 Å². The fourth-order valence-electron chi connectivity index (χ4n) is 4.61. The van der Waals surface area contributed by atoms with Gasteiger partial charge < -0.3 is 15.0 Å². The van der Waals surface area contributed by atoms with E-state index in [1.807, 2.05) is 0 Å². The number of piperazine rings is 1. The van der Waals surface area contributed by atoms with Crippen LogP contribution in [0.3, 0.4) is 0 Å². The Labute approximate surface area is 199 Å². The van der Waals surface area contributed by atoms with E-state index in [4.69, 9.17) is 4.74 Å². The first-order valence-electron chi connectivity index (χ1n) is 12.7. The fourth-order valence-corrected chi connectivity index (χ4v) is 4.61. The van der Waals surface area contributed by atoms with Crippen LogP contribution in [-0.4, -0.2) is 44.2 Å². The predicted octanol–water partition coefficient (Wildman–Crippen LogP) is 6.65. The van der Waals surface area contributed by atoms with Crippen LogP contribution in [0.2, 0.25) is 0 Å². The maximum absolute atomic E-state index is 6.15. The molecule has 0 radical (unpaired) electrons. The Morgan fingerprint density at radius 2 is 1.24 bits per heavy atom. The second-order valence-corrected chi connectivity index (χ2v) is 9.00. The largest absolute Gasteiger partial charge is 0.494 e. The van der Waals surface area contributed by atoms with E-state index in [1.165, 1.54) is 74.0 Å². The Bertz CT molecular complexity index is 936. The van der Waals surface area contributed by atoms with E-state index < -0.39 is 0 Å². The summed E-state index contributed by atoms with van der Waals surface area (Å²) in [5.41, 5.74) is 4.93. The molecular weight excluding hydrogens is 404 g/mol. The van der Waals surface area contributed by atoms with E-state index in [1.54, 1.807) is 0 Å². The average Bonchev–Trinajstić information content (AvgIpc) is 2.89. The van der Waals surface area contributed by atoms with Crippen LogP contribution in [0.25, 0.3) is 22.3 Å². The molecule has 3 nitrogen and oxygen atoms in total. The first kappa shape index (κ1) is 23.5. The van der Waals surface area contributed by atoms with Crippen LogP contribution >= 0.6 is 0 Å². The molecule has 1 heterocycles. The summed E-state index contributed by atoms with van der Waals surface area (Å²) in [6, 6.07) is 27.7. The van der Waals surface area contributed by atoms with Crippen molar-refractivity contribution >= 4 is 0 Å². The molecule has 3 aromatic rings. The standard InChI is InChI=1S/C30H38N2O/c1(3-11-21-32-22-19-31-20-23-32)2-4-12-24-33-28-17-18-29(26-13-7-5-8-14-26)30(25-28)27-15-9-6-10-16-27/h5-10,13-18,25,31H,1-4,11-12,19-24H2. The molecule has 33 heavy (non-hydrogen) atoms. The number of ether oxygens (including phenoxy) is 1. The smallest absolute Gasteiger partial charge is 0.119 e. The Morgan fingerprint density at radius 3 is 1.94 bits per heavy atom. The molecule has 0 aliphatic carbocycles. The highest BCUT2D eigenvalue weighted by Gasteiger charge is 2.10. The normalized spacial score (nSPS) is 14.3. The maximum Gasteiger partial charge on any atom is 0.119 e. The first-order chi connectivity index (χ1) is 16.4. The summed E-state index contributed by atoms with van der Waals surface area (Å²) >= 11 is 0. The van der Waals surface area contributed by atoms with E-state index >= 15 is 0 Å². The lowest BCUT2D eigenvalue weighted by Gasteiger charge is -2.27. The van der Waals surface area contributed by atoms with Crippen molar-refractivity contribution in [2.45, 2.75) is 38.5 Å². The van der Waals surface area contributed by atoms with Crippen molar-refractivity contribution in [3.63, 3.8) is 0 Å². The topological polar surface area (TPSA) is 24.5 Å². The molecule has 0 atom stereocenters. The molecule has 4 rings (SSSR count). The van der Waals surface area contributed by atoms with Gasteiger partial charge in [-0.25, -0.2) is 0 Å². The van der Waals surface area contributed by atoms with E-state index in [9.17, 15) is 0 Å². The zero-order chi connectivity index (χ0) is 22.6. The molecule has 0 unspecified atom stereocenters. The molecule has 0 amide bonds. The van der Waals surface area contributed by atoms with E-state index in [0.717, 1.165) is 31.9 Å². The molecule has 0 bridgehead atoms. The quantitative estimate of drug-likeness (QED) is 0.318. The van der Waals surface area contributed by atoms with Crippen LogP contribution in [-0.2, 0) is 0 Å². The van der Waals surface area contributed by atoms with Crippen molar-refractivity contribution in [2.75, 3.05) is 39.3 Å². The summed E-state index contributed by atoms with van der Waals surface area (Å²) in [4.78, 5) is 2.59. The van der Waals surface area contributed by atoms with Gasteiger partial charge in [-0.3, -0.25) is 0 Å². The highest BCUT2D eigenvalue weighted by atomic mass is 16.5. The van der Waals surface area contributed by atoms with Crippen molar-refractivity contribution in [2.24, 2.45) is 0 Å². The lowest BCUT2D eigenvalue weighted by molar-refractivity contribution is 0.235. The van der Waals surface area contributed by atoms with Gasteiger partial charge in [-0.1, -0.05) is 92.4 Å². The molecule has 0 spiro atoms. The first-order valence-corrected chi connectivity index (χ1v) is 12.7. The minimum atomic E-state index is 0.791. The minimum Gasteiger partial charge on any atom is -0.494 e. The Kier molecular flexibility index (Phi) is 9.40. The molecular formula is C30H38N2O.